The maximum Gasteiger partial charge on any atom is 2.00 e. The van der Waals surface area contributed by atoms with E-state index < -0.39 is 23.5 Å². The number of carboxylic acids is 2. The summed E-state index contributed by atoms with van der Waals surface area (Å²) in [7, 11) is 0. The third-order valence-corrected chi connectivity index (χ3v) is 11.0. The first-order valence-corrected chi connectivity index (χ1v) is 23.4. The van der Waals surface area contributed by atoms with Crippen molar-refractivity contribution in [2.24, 2.45) is 0 Å². The van der Waals surface area contributed by atoms with Crippen molar-refractivity contribution in [1.29, 1.82) is 0 Å². The van der Waals surface area contributed by atoms with Crippen LogP contribution in [-0.4, -0.2) is 82.6 Å². The number of hydrogen-bond acceptors (Lipinski definition) is 8. The second-order valence-electron chi connectivity index (χ2n) is 16.4. The molecule has 2 aromatic rings. The number of carbonyl (C=O) groups is 2. The number of ether oxygens (including phenoxy) is 2. The van der Waals surface area contributed by atoms with Crippen LogP contribution < -0.4 is 10.2 Å². The number of aliphatic carboxylic acids is 2. The topological polar surface area (TPSA) is 139 Å². The molecular weight excluding hydrogens is 866 g/mol. The summed E-state index contributed by atoms with van der Waals surface area (Å²) in [5.74, 6) is -7.51. The average molecular weight is 949 g/mol. The molecule has 9 heteroatoms. The number of aliphatic hydroxyl groups is 2. The van der Waals surface area contributed by atoms with Crippen molar-refractivity contribution in [1.82, 2.24) is 0 Å². The molecule has 0 bridgehead atoms. The van der Waals surface area contributed by atoms with E-state index in [0.717, 1.165) is 36.8 Å². The molecule has 8 nitrogen and oxygen atoms in total. The van der Waals surface area contributed by atoms with Gasteiger partial charge in [-0.2, -0.15) is 0 Å². The van der Waals surface area contributed by atoms with Crippen molar-refractivity contribution in [3.8, 4) is 0 Å². The van der Waals surface area contributed by atoms with Gasteiger partial charge in [0.15, 0.2) is 0 Å². The fraction of sp³-hybridized carbons (Fsp3) is 0.720. The molecule has 0 amide bonds. The molecule has 0 aliphatic heterocycles. The molecule has 0 radical (unpaired) electrons. The first-order chi connectivity index (χ1) is 28.2. The third-order valence-electron chi connectivity index (χ3n) is 11.0. The molecule has 0 aliphatic rings. The van der Waals surface area contributed by atoms with Gasteiger partial charge >= 0.3 is 48.9 Å². The molecular formula is C50H82BaO8. The number of hydrogen-bond donors (Lipinski definition) is 2. The van der Waals surface area contributed by atoms with E-state index in [0.29, 0.717) is 12.8 Å². The smallest absolute Gasteiger partial charge is 0.544 e. The van der Waals surface area contributed by atoms with E-state index in [1.165, 1.54) is 141 Å². The van der Waals surface area contributed by atoms with Gasteiger partial charge in [0.05, 0.1) is 13.2 Å². The minimum atomic E-state index is -2.20. The summed E-state index contributed by atoms with van der Waals surface area (Å²) >= 11 is 0. The van der Waals surface area contributed by atoms with Crippen molar-refractivity contribution in [2.75, 3.05) is 0 Å². The Morgan fingerprint density at radius 3 is 0.864 bits per heavy atom. The van der Waals surface area contributed by atoms with Crippen LogP contribution in [0.15, 0.2) is 60.7 Å². The Balaban J connectivity index is 0.00000112. The average Bonchev–Trinajstić information content (AvgIpc) is 3.23. The van der Waals surface area contributed by atoms with Crippen molar-refractivity contribution < 1.29 is 39.5 Å². The standard InChI is InChI=1S/2C25H42O4.Ba/c2*1-2-3-4-5-6-7-8-9-10-11-12-13-14-18-21-25(28,24(26)27)29-22-23-19-16-15-17-20-23;/h2*15-17,19-20,28H,2-14,18,21-22H2,1H3,(H,26,27);/q;;+2/p-2. The maximum absolute atomic E-state index is 11.3. The zero-order valence-corrected chi connectivity index (χ0v) is 41.9. The molecule has 2 unspecified atom stereocenters. The number of carboxylic acid groups (broad SMARTS) is 2. The Morgan fingerprint density at radius 1 is 0.424 bits per heavy atom. The van der Waals surface area contributed by atoms with Gasteiger partial charge in [-0.15, -0.1) is 0 Å². The minimum Gasteiger partial charge on any atom is -0.544 e. The van der Waals surface area contributed by atoms with E-state index in [4.69, 9.17) is 9.47 Å². The molecule has 2 aromatic carbocycles. The van der Waals surface area contributed by atoms with Crippen LogP contribution in [0.3, 0.4) is 0 Å². The van der Waals surface area contributed by atoms with Crippen molar-refractivity contribution >= 4 is 60.8 Å². The quantitative estimate of drug-likeness (QED) is 0.0385. The summed E-state index contributed by atoms with van der Waals surface area (Å²) in [6.45, 7) is 4.63. The van der Waals surface area contributed by atoms with Crippen LogP contribution in [0, 0.1) is 0 Å². The summed E-state index contributed by atoms with van der Waals surface area (Å²) in [5.41, 5.74) is 1.65. The molecule has 2 atom stereocenters. The summed E-state index contributed by atoms with van der Waals surface area (Å²) in [6, 6.07) is 18.5. The maximum atomic E-state index is 11.3. The van der Waals surface area contributed by atoms with Gasteiger partial charge in [0.1, 0.15) is 11.9 Å². The van der Waals surface area contributed by atoms with Gasteiger partial charge in [0.25, 0.3) is 0 Å². The normalized spacial score (nSPS) is 13.1. The van der Waals surface area contributed by atoms with Gasteiger partial charge in [-0.05, 0) is 24.0 Å². The van der Waals surface area contributed by atoms with Gasteiger partial charge in [-0.25, -0.2) is 0 Å². The number of benzene rings is 2. The molecule has 0 aliphatic carbocycles. The Kier molecular flexibility index (Phi) is 38.8. The Hall–Kier alpha value is -1.21. The molecule has 0 heterocycles. The van der Waals surface area contributed by atoms with Gasteiger partial charge in [0, 0.05) is 12.8 Å². The largest absolute Gasteiger partial charge is 2.00 e. The number of carbonyl (C=O) groups excluding carboxylic acids is 2. The van der Waals surface area contributed by atoms with Crippen molar-refractivity contribution in [3.05, 3.63) is 71.8 Å². The van der Waals surface area contributed by atoms with E-state index in [-0.39, 0.29) is 74.9 Å². The second kappa shape index (κ2) is 39.6. The second-order valence-corrected chi connectivity index (χ2v) is 16.4. The predicted octanol–water partition coefficient (Wildman–Crippen LogP) is 10.6. The van der Waals surface area contributed by atoms with Crippen LogP contribution in [0.1, 0.15) is 218 Å². The van der Waals surface area contributed by atoms with Crippen LogP contribution >= 0.6 is 0 Å². The zero-order valence-electron chi connectivity index (χ0n) is 37.5. The molecule has 2 rings (SSSR count). The van der Waals surface area contributed by atoms with Crippen molar-refractivity contribution in [2.45, 2.75) is 231 Å². The Morgan fingerprint density at radius 2 is 0.644 bits per heavy atom. The van der Waals surface area contributed by atoms with Gasteiger partial charge in [-0.1, -0.05) is 241 Å². The molecule has 332 valence electrons. The van der Waals surface area contributed by atoms with Crippen LogP contribution in [0.2, 0.25) is 0 Å². The minimum absolute atomic E-state index is 0. The van der Waals surface area contributed by atoms with Crippen LogP contribution in [0.5, 0.6) is 0 Å². The van der Waals surface area contributed by atoms with E-state index in [1.807, 2.05) is 60.7 Å². The fourth-order valence-corrected chi connectivity index (χ4v) is 7.14. The predicted molar refractivity (Wildman–Crippen MR) is 238 cm³/mol. The van der Waals surface area contributed by atoms with Gasteiger partial charge in [0.2, 0.25) is 11.6 Å². The fourth-order valence-electron chi connectivity index (χ4n) is 7.14. The van der Waals surface area contributed by atoms with E-state index in [1.54, 1.807) is 0 Å². The molecule has 0 saturated heterocycles. The summed E-state index contributed by atoms with van der Waals surface area (Å²) in [4.78, 5) is 22.6. The van der Waals surface area contributed by atoms with Gasteiger partial charge < -0.3 is 39.5 Å². The van der Waals surface area contributed by atoms with Crippen LogP contribution in [0.4, 0.5) is 0 Å². The first-order valence-electron chi connectivity index (χ1n) is 23.4. The van der Waals surface area contributed by atoms with Crippen LogP contribution in [-0.2, 0) is 32.3 Å². The first kappa shape index (κ1) is 57.8. The summed E-state index contributed by atoms with van der Waals surface area (Å²) in [5, 5.41) is 43.2. The number of rotatable bonds is 38. The molecule has 0 aromatic heterocycles. The Bertz CT molecular complexity index is 1140. The third kappa shape index (κ3) is 32.2. The van der Waals surface area contributed by atoms with Gasteiger partial charge in [-0.3, -0.25) is 0 Å². The Labute approximate surface area is 400 Å². The van der Waals surface area contributed by atoms with E-state index >= 15 is 0 Å². The summed E-state index contributed by atoms with van der Waals surface area (Å²) < 4.78 is 10.6. The molecule has 59 heavy (non-hydrogen) atoms. The number of unbranched alkanes of at least 4 members (excludes halogenated alkanes) is 26. The molecule has 0 fully saturated rings. The molecule has 2 N–H and O–H groups in total. The molecule has 0 saturated carbocycles. The SMILES string of the molecule is CCCCCCCCCCCCCCCCC(O)(OCc1ccccc1)C(=O)[O-].CCCCCCCCCCCCCCCCC(O)(OCc1ccccc1)C(=O)[O-].[Ba+2]. The zero-order chi connectivity index (χ0) is 42.4. The summed E-state index contributed by atoms with van der Waals surface area (Å²) in [6.07, 6.45) is 34.5. The van der Waals surface area contributed by atoms with E-state index in [2.05, 4.69) is 13.8 Å². The monoisotopic (exact) mass is 949 g/mol. The van der Waals surface area contributed by atoms with Crippen LogP contribution in [0.25, 0.3) is 0 Å². The van der Waals surface area contributed by atoms with E-state index in [9.17, 15) is 30.0 Å². The molecule has 0 spiro atoms. The van der Waals surface area contributed by atoms with Crippen molar-refractivity contribution in [3.63, 3.8) is 0 Å².